The molecule has 0 bridgehead atoms. The van der Waals surface area contributed by atoms with Crippen LogP contribution in [0.3, 0.4) is 0 Å². The Hall–Kier alpha value is -3.78. The van der Waals surface area contributed by atoms with Crippen molar-refractivity contribution in [3.05, 3.63) is 77.1 Å². The topological polar surface area (TPSA) is 94.1 Å². The number of halogens is 1. The predicted octanol–water partition coefficient (Wildman–Crippen LogP) is 3.87. The van der Waals surface area contributed by atoms with E-state index < -0.39 is 0 Å². The summed E-state index contributed by atoms with van der Waals surface area (Å²) >= 11 is 6.21. The number of ether oxygens (including phenoxy) is 3. The van der Waals surface area contributed by atoms with Crippen molar-refractivity contribution in [1.29, 1.82) is 0 Å². The molecule has 1 aromatic heterocycles. The molecule has 4 rings (SSSR count). The highest BCUT2D eigenvalue weighted by Crippen LogP contribution is 2.32. The number of guanidine groups is 1. The lowest BCUT2D eigenvalue weighted by molar-refractivity contribution is 0.0976. The number of amides is 1. The minimum atomic E-state index is -0.356. The van der Waals surface area contributed by atoms with Crippen molar-refractivity contribution < 1.29 is 19.0 Å². The number of hydrogen-bond donors (Lipinski definition) is 2. The van der Waals surface area contributed by atoms with Gasteiger partial charge in [0, 0.05) is 17.4 Å². The summed E-state index contributed by atoms with van der Waals surface area (Å²) in [5.41, 5.74) is 1.80. The van der Waals surface area contributed by atoms with Gasteiger partial charge in [-0.05, 0) is 48.5 Å². The first-order chi connectivity index (χ1) is 15.1. The van der Waals surface area contributed by atoms with Gasteiger partial charge in [-0.2, -0.15) is 0 Å². The second kappa shape index (κ2) is 9.36. The number of carbonyl (C=O) groups excluding carboxylic acids is 1. The van der Waals surface area contributed by atoms with Crippen LogP contribution in [0.1, 0.15) is 16.1 Å². The molecular weight excluding hydrogens is 420 g/mol. The summed E-state index contributed by atoms with van der Waals surface area (Å²) < 4.78 is 15.8. The number of pyridine rings is 1. The van der Waals surface area contributed by atoms with Gasteiger partial charge in [-0.1, -0.05) is 17.7 Å². The Morgan fingerprint density at radius 2 is 2.03 bits per heavy atom. The molecule has 1 aliphatic heterocycles. The molecule has 1 amide bonds. The van der Waals surface area contributed by atoms with E-state index in [4.69, 9.17) is 25.8 Å². The van der Waals surface area contributed by atoms with Crippen LogP contribution in [0.25, 0.3) is 0 Å². The molecule has 2 aromatic carbocycles. The highest BCUT2D eigenvalue weighted by molar-refractivity contribution is 6.32. The quantitative estimate of drug-likeness (QED) is 0.464. The largest absolute Gasteiger partial charge is 0.495 e. The van der Waals surface area contributed by atoms with Crippen LogP contribution in [-0.4, -0.2) is 30.8 Å². The summed E-state index contributed by atoms with van der Waals surface area (Å²) in [6.07, 6.45) is 1.69. The van der Waals surface area contributed by atoms with Gasteiger partial charge in [0.15, 0.2) is 11.5 Å². The van der Waals surface area contributed by atoms with E-state index >= 15 is 0 Å². The fourth-order valence-electron chi connectivity index (χ4n) is 2.86. The van der Waals surface area contributed by atoms with Gasteiger partial charge in [0.2, 0.25) is 12.8 Å². The summed E-state index contributed by atoms with van der Waals surface area (Å²) in [5, 5.41) is 6.31. The fraction of sp³-hybridized carbons (Fsp3) is 0.136. The smallest absolute Gasteiger partial charge is 0.258 e. The maximum absolute atomic E-state index is 12.8. The molecule has 0 radical (unpaired) electrons. The minimum absolute atomic E-state index is 0.136. The molecule has 1 aliphatic rings. The van der Waals surface area contributed by atoms with E-state index in [9.17, 15) is 4.79 Å². The predicted molar refractivity (Wildman–Crippen MR) is 117 cm³/mol. The third kappa shape index (κ3) is 5.04. The molecule has 9 heteroatoms. The summed E-state index contributed by atoms with van der Waals surface area (Å²) in [4.78, 5) is 21.6. The fourth-order valence-corrected chi connectivity index (χ4v) is 3.12. The average Bonchev–Trinajstić information content (AvgIpc) is 3.26. The van der Waals surface area contributed by atoms with Gasteiger partial charge in [-0.3, -0.25) is 15.1 Å². The molecule has 0 atom stereocenters. The van der Waals surface area contributed by atoms with Crippen LogP contribution in [0.15, 0.2) is 65.8 Å². The van der Waals surface area contributed by atoms with Crippen molar-refractivity contribution in [2.75, 3.05) is 19.2 Å². The maximum atomic E-state index is 12.8. The van der Waals surface area contributed by atoms with E-state index in [1.54, 1.807) is 49.7 Å². The molecule has 0 aliphatic carbocycles. The zero-order chi connectivity index (χ0) is 21.6. The number of nitrogens with one attached hydrogen (secondary N) is 2. The lowest BCUT2D eigenvalue weighted by Crippen LogP contribution is -2.36. The number of anilines is 1. The second-order valence-corrected chi connectivity index (χ2v) is 6.89. The van der Waals surface area contributed by atoms with E-state index in [-0.39, 0.29) is 25.2 Å². The Kier molecular flexibility index (Phi) is 6.18. The van der Waals surface area contributed by atoms with Crippen LogP contribution < -0.4 is 24.8 Å². The van der Waals surface area contributed by atoms with Gasteiger partial charge in [-0.15, -0.1) is 0 Å². The first-order valence-electron chi connectivity index (χ1n) is 9.38. The minimum Gasteiger partial charge on any atom is -0.495 e. The molecule has 2 N–H and O–H groups in total. The van der Waals surface area contributed by atoms with E-state index in [0.717, 1.165) is 5.69 Å². The molecule has 31 heavy (non-hydrogen) atoms. The van der Waals surface area contributed by atoms with Gasteiger partial charge in [-0.25, -0.2) is 4.99 Å². The molecule has 3 aromatic rings. The van der Waals surface area contributed by atoms with Crippen molar-refractivity contribution in [3.8, 4) is 17.2 Å². The Balaban J connectivity index is 1.55. The molecule has 0 saturated carbocycles. The summed E-state index contributed by atoms with van der Waals surface area (Å²) in [5.74, 6) is 1.56. The zero-order valence-corrected chi connectivity index (χ0v) is 17.3. The zero-order valence-electron chi connectivity index (χ0n) is 16.6. The van der Waals surface area contributed by atoms with Crippen LogP contribution in [0, 0.1) is 0 Å². The summed E-state index contributed by atoms with van der Waals surface area (Å²) in [7, 11) is 1.54. The van der Waals surface area contributed by atoms with Crippen molar-refractivity contribution in [3.63, 3.8) is 0 Å². The van der Waals surface area contributed by atoms with Gasteiger partial charge >= 0.3 is 0 Å². The molecule has 0 saturated heterocycles. The SMILES string of the molecule is COc1ccc(NC(=NCc2ccccn2)NC(=O)c2ccc3c(c2)OCO3)cc1Cl. The standard InChI is InChI=1S/C22H19ClN4O4/c1-29-18-8-6-15(11-17(18)23)26-22(25-12-16-4-2-3-9-24-16)27-21(28)14-5-7-19-20(10-14)31-13-30-19/h2-11H,12-13H2,1H3,(H2,25,26,27,28). The summed E-state index contributed by atoms with van der Waals surface area (Å²) in [6.45, 7) is 0.408. The number of hydrogen-bond acceptors (Lipinski definition) is 6. The van der Waals surface area contributed by atoms with Crippen LogP contribution in [-0.2, 0) is 6.54 Å². The van der Waals surface area contributed by atoms with E-state index in [1.807, 2.05) is 18.2 Å². The van der Waals surface area contributed by atoms with Gasteiger partial charge in [0.1, 0.15) is 5.75 Å². The molecule has 8 nitrogen and oxygen atoms in total. The van der Waals surface area contributed by atoms with Crippen LogP contribution in [0.2, 0.25) is 5.02 Å². The Bertz CT molecular complexity index is 1120. The number of carbonyl (C=O) groups is 1. The normalized spacial score (nSPS) is 12.4. The van der Waals surface area contributed by atoms with Crippen LogP contribution in [0.4, 0.5) is 5.69 Å². The Morgan fingerprint density at radius 3 is 2.81 bits per heavy atom. The molecule has 0 unspecified atom stereocenters. The number of aromatic nitrogens is 1. The number of rotatable bonds is 5. The van der Waals surface area contributed by atoms with Crippen LogP contribution >= 0.6 is 11.6 Å². The lowest BCUT2D eigenvalue weighted by atomic mass is 10.2. The number of methoxy groups -OCH3 is 1. The highest BCUT2D eigenvalue weighted by Gasteiger charge is 2.17. The van der Waals surface area contributed by atoms with Crippen molar-refractivity contribution in [2.45, 2.75) is 6.54 Å². The van der Waals surface area contributed by atoms with E-state index in [2.05, 4.69) is 20.6 Å². The third-order valence-corrected chi connectivity index (χ3v) is 4.70. The molecule has 0 spiro atoms. The van der Waals surface area contributed by atoms with Crippen molar-refractivity contribution in [2.24, 2.45) is 4.99 Å². The second-order valence-electron chi connectivity index (χ2n) is 6.48. The van der Waals surface area contributed by atoms with Gasteiger partial charge in [0.25, 0.3) is 5.91 Å². The number of benzene rings is 2. The number of fused-ring (bicyclic) bond motifs is 1. The highest BCUT2D eigenvalue weighted by atomic mass is 35.5. The van der Waals surface area contributed by atoms with Gasteiger partial charge < -0.3 is 19.5 Å². The van der Waals surface area contributed by atoms with Crippen molar-refractivity contribution >= 4 is 29.2 Å². The molecule has 0 fully saturated rings. The molecule has 2 heterocycles. The number of aliphatic imine (C=N–C) groups is 1. The molecule has 158 valence electrons. The van der Waals surface area contributed by atoms with Gasteiger partial charge in [0.05, 0.1) is 24.4 Å². The van der Waals surface area contributed by atoms with Crippen LogP contribution in [0.5, 0.6) is 17.2 Å². The monoisotopic (exact) mass is 438 g/mol. The first-order valence-corrected chi connectivity index (χ1v) is 9.76. The van der Waals surface area contributed by atoms with Crippen molar-refractivity contribution in [1.82, 2.24) is 10.3 Å². The van der Waals surface area contributed by atoms with E-state index in [0.29, 0.717) is 33.5 Å². The third-order valence-electron chi connectivity index (χ3n) is 4.41. The Morgan fingerprint density at radius 1 is 1.16 bits per heavy atom. The first kappa shape index (κ1) is 20.5. The Labute approximate surface area is 183 Å². The molecular formula is C22H19ClN4O4. The summed E-state index contributed by atoms with van der Waals surface area (Å²) in [6, 6.07) is 15.7. The lowest BCUT2D eigenvalue weighted by Gasteiger charge is -2.13. The number of nitrogens with zero attached hydrogens (tertiary/aromatic N) is 2. The maximum Gasteiger partial charge on any atom is 0.258 e. The van der Waals surface area contributed by atoms with E-state index in [1.165, 1.54) is 0 Å². The average molecular weight is 439 g/mol.